The summed E-state index contributed by atoms with van der Waals surface area (Å²) in [5.41, 5.74) is 3.08. The molecule has 0 saturated carbocycles. The summed E-state index contributed by atoms with van der Waals surface area (Å²) in [7, 11) is 3.27. The number of ether oxygens (including phenoxy) is 1. The monoisotopic (exact) mass is 695 g/mol. The highest BCUT2D eigenvalue weighted by atomic mass is 127. The average Bonchev–Trinajstić information content (AvgIpc) is 3.06. The van der Waals surface area contributed by atoms with Crippen LogP contribution in [0.25, 0.3) is 0 Å². The third-order valence-corrected chi connectivity index (χ3v) is 9.21. The molecule has 226 valence electrons. The van der Waals surface area contributed by atoms with E-state index in [2.05, 4.69) is 72.1 Å². The van der Waals surface area contributed by atoms with Crippen LogP contribution in [0.4, 0.5) is 28.8 Å². The number of benzene rings is 2. The summed E-state index contributed by atoms with van der Waals surface area (Å²) in [5.74, 6) is 2.96. The van der Waals surface area contributed by atoms with Crippen molar-refractivity contribution < 1.29 is 14.3 Å². The number of anilines is 5. The van der Waals surface area contributed by atoms with Gasteiger partial charge in [-0.15, -0.1) is 0 Å². The molecular formula is C32H38IN7O3. The Kier molecular flexibility index (Phi) is 10.0. The summed E-state index contributed by atoms with van der Waals surface area (Å²) in [5, 5.41) is 9.25. The molecule has 2 aliphatic rings. The number of carbonyl (C=O) groups excluding carboxylic acids is 2. The lowest BCUT2D eigenvalue weighted by Gasteiger charge is -2.40. The summed E-state index contributed by atoms with van der Waals surface area (Å²) < 4.78 is 6.58. The van der Waals surface area contributed by atoms with E-state index in [1.807, 2.05) is 29.2 Å². The Bertz CT molecular complexity index is 1470. The summed E-state index contributed by atoms with van der Waals surface area (Å²) in [6.07, 6.45) is 7.61. The van der Waals surface area contributed by atoms with Gasteiger partial charge in [-0.25, -0.2) is 4.98 Å². The van der Waals surface area contributed by atoms with E-state index in [9.17, 15) is 9.59 Å². The van der Waals surface area contributed by atoms with Crippen LogP contribution in [-0.4, -0.2) is 67.0 Å². The minimum Gasteiger partial charge on any atom is -0.494 e. The zero-order valence-electron chi connectivity index (χ0n) is 24.6. The first-order valence-electron chi connectivity index (χ1n) is 14.6. The minimum atomic E-state index is -0.179. The third kappa shape index (κ3) is 7.20. The molecule has 1 aromatic heterocycles. The SMILES string of the molecule is C=CC(=O)N1CCC(C2CCN(c3ccc(Nc4ncc(I)c(Nc5ccccc5C(=O)NC)n4)c(OC)c3)CC2)CC1. The van der Waals surface area contributed by atoms with Gasteiger partial charge in [0.1, 0.15) is 11.6 Å². The van der Waals surface area contributed by atoms with E-state index in [0.29, 0.717) is 40.6 Å². The Hall–Kier alpha value is -3.87. The molecule has 3 N–H and O–H groups in total. The van der Waals surface area contributed by atoms with Gasteiger partial charge in [-0.2, -0.15) is 4.98 Å². The molecule has 2 fully saturated rings. The molecule has 0 atom stereocenters. The zero-order chi connectivity index (χ0) is 30.3. The first-order valence-corrected chi connectivity index (χ1v) is 15.7. The number of nitrogens with one attached hydrogen (secondary N) is 3. The van der Waals surface area contributed by atoms with E-state index in [0.717, 1.165) is 66.8 Å². The van der Waals surface area contributed by atoms with Gasteiger partial charge in [0.25, 0.3) is 5.91 Å². The van der Waals surface area contributed by atoms with Crippen LogP contribution >= 0.6 is 22.6 Å². The molecule has 2 amide bonds. The number of amides is 2. The number of halogens is 1. The molecule has 0 aliphatic carbocycles. The predicted octanol–water partition coefficient (Wildman–Crippen LogP) is 5.58. The van der Waals surface area contributed by atoms with E-state index in [1.165, 1.54) is 6.08 Å². The summed E-state index contributed by atoms with van der Waals surface area (Å²) >= 11 is 2.17. The second-order valence-corrected chi connectivity index (χ2v) is 12.0. The van der Waals surface area contributed by atoms with Crippen molar-refractivity contribution in [2.24, 2.45) is 11.8 Å². The van der Waals surface area contributed by atoms with E-state index >= 15 is 0 Å². The van der Waals surface area contributed by atoms with Crippen molar-refractivity contribution in [3.05, 3.63) is 70.5 Å². The molecule has 0 radical (unpaired) electrons. The van der Waals surface area contributed by atoms with Crippen LogP contribution in [0.15, 0.2) is 61.3 Å². The van der Waals surface area contributed by atoms with Gasteiger partial charge in [-0.3, -0.25) is 9.59 Å². The lowest BCUT2D eigenvalue weighted by molar-refractivity contribution is -0.127. The van der Waals surface area contributed by atoms with Gasteiger partial charge < -0.3 is 30.5 Å². The molecule has 3 heterocycles. The number of para-hydroxylation sites is 1. The molecule has 11 heteroatoms. The van der Waals surface area contributed by atoms with Crippen LogP contribution in [-0.2, 0) is 4.79 Å². The van der Waals surface area contributed by atoms with Crippen LogP contribution < -0.4 is 25.6 Å². The molecule has 0 bridgehead atoms. The minimum absolute atomic E-state index is 0.0504. The van der Waals surface area contributed by atoms with Crippen LogP contribution in [0.3, 0.4) is 0 Å². The second kappa shape index (κ2) is 14.1. The molecule has 2 aliphatic heterocycles. The van der Waals surface area contributed by atoms with Gasteiger partial charge in [-0.1, -0.05) is 18.7 Å². The number of hydrogen-bond acceptors (Lipinski definition) is 8. The fourth-order valence-corrected chi connectivity index (χ4v) is 6.41. The van der Waals surface area contributed by atoms with Crippen molar-refractivity contribution in [2.45, 2.75) is 25.7 Å². The van der Waals surface area contributed by atoms with Crippen LogP contribution in [0.1, 0.15) is 36.0 Å². The topological polar surface area (TPSA) is 112 Å². The predicted molar refractivity (Wildman–Crippen MR) is 179 cm³/mol. The van der Waals surface area contributed by atoms with Crippen molar-refractivity contribution in [1.82, 2.24) is 20.2 Å². The lowest BCUT2D eigenvalue weighted by atomic mass is 9.78. The molecule has 0 unspecified atom stereocenters. The second-order valence-electron chi connectivity index (χ2n) is 10.8. The Morgan fingerprint density at radius 2 is 1.70 bits per heavy atom. The molecule has 5 rings (SSSR count). The zero-order valence-corrected chi connectivity index (χ0v) is 26.8. The van der Waals surface area contributed by atoms with Gasteiger partial charge in [0.2, 0.25) is 11.9 Å². The van der Waals surface area contributed by atoms with Gasteiger partial charge in [0, 0.05) is 51.2 Å². The lowest BCUT2D eigenvalue weighted by Crippen LogP contribution is -2.42. The van der Waals surface area contributed by atoms with E-state index in [-0.39, 0.29) is 11.8 Å². The number of aromatic nitrogens is 2. The number of piperidine rings is 2. The number of rotatable bonds is 9. The summed E-state index contributed by atoms with van der Waals surface area (Å²) in [6, 6.07) is 13.5. The number of carbonyl (C=O) groups is 2. The molecule has 2 aromatic carbocycles. The standard InChI is InChI=1S/C32H38IN7O3/c1-4-29(41)40-17-13-22(14-18-40)21-11-15-39(16-12-21)23-9-10-27(28(19-23)43-3)37-32-35-20-25(33)30(38-32)36-26-8-6-5-7-24(26)31(42)34-2/h4-10,19-22H,1,11-18H2,2-3H3,(H,34,42)(H2,35,36,37,38). The molecular weight excluding hydrogens is 657 g/mol. The highest BCUT2D eigenvalue weighted by molar-refractivity contribution is 14.1. The Morgan fingerprint density at radius 3 is 2.37 bits per heavy atom. The number of methoxy groups -OCH3 is 1. The van der Waals surface area contributed by atoms with Crippen molar-refractivity contribution in [1.29, 1.82) is 0 Å². The van der Waals surface area contributed by atoms with E-state index < -0.39 is 0 Å². The van der Waals surface area contributed by atoms with Crippen LogP contribution in [0.5, 0.6) is 5.75 Å². The molecule has 43 heavy (non-hydrogen) atoms. The largest absolute Gasteiger partial charge is 0.494 e. The van der Waals surface area contributed by atoms with Crippen molar-refractivity contribution in [3.63, 3.8) is 0 Å². The number of hydrogen-bond donors (Lipinski definition) is 3. The Morgan fingerprint density at radius 1 is 1.00 bits per heavy atom. The van der Waals surface area contributed by atoms with Crippen LogP contribution in [0.2, 0.25) is 0 Å². The highest BCUT2D eigenvalue weighted by Gasteiger charge is 2.30. The first-order chi connectivity index (χ1) is 20.9. The maximum absolute atomic E-state index is 12.3. The average molecular weight is 696 g/mol. The van der Waals surface area contributed by atoms with E-state index in [1.54, 1.807) is 26.4 Å². The summed E-state index contributed by atoms with van der Waals surface area (Å²) in [4.78, 5) is 37.8. The van der Waals surface area contributed by atoms with Gasteiger partial charge >= 0.3 is 0 Å². The van der Waals surface area contributed by atoms with Gasteiger partial charge in [0.05, 0.1) is 27.6 Å². The van der Waals surface area contributed by atoms with Crippen molar-refractivity contribution >= 4 is 63.2 Å². The molecule has 3 aromatic rings. The maximum Gasteiger partial charge on any atom is 0.253 e. The number of likely N-dealkylation sites (tertiary alicyclic amines) is 1. The highest BCUT2D eigenvalue weighted by Crippen LogP contribution is 2.37. The van der Waals surface area contributed by atoms with Gasteiger partial charge in [0.15, 0.2) is 0 Å². The molecule has 10 nitrogen and oxygen atoms in total. The van der Waals surface area contributed by atoms with Crippen LogP contribution in [0, 0.1) is 15.4 Å². The van der Waals surface area contributed by atoms with Crippen molar-refractivity contribution in [3.8, 4) is 5.75 Å². The summed E-state index contributed by atoms with van der Waals surface area (Å²) in [6.45, 7) is 7.30. The molecule has 2 saturated heterocycles. The Balaban J connectivity index is 1.22. The maximum atomic E-state index is 12.3. The molecule has 0 spiro atoms. The Labute approximate surface area is 266 Å². The number of nitrogens with zero attached hydrogens (tertiary/aromatic N) is 4. The van der Waals surface area contributed by atoms with Crippen molar-refractivity contribution in [2.75, 3.05) is 55.9 Å². The van der Waals surface area contributed by atoms with E-state index in [4.69, 9.17) is 4.74 Å². The smallest absolute Gasteiger partial charge is 0.253 e. The third-order valence-electron chi connectivity index (χ3n) is 8.42. The fraction of sp³-hybridized carbons (Fsp3) is 0.375. The normalized spacial score (nSPS) is 16.0. The van der Waals surface area contributed by atoms with Gasteiger partial charge in [-0.05, 0) is 90.5 Å². The quantitative estimate of drug-likeness (QED) is 0.197. The fourth-order valence-electron chi connectivity index (χ4n) is 6.02. The first kappa shape index (κ1) is 30.6.